The van der Waals surface area contributed by atoms with Crippen LogP contribution in [0.5, 0.6) is 5.75 Å². The Morgan fingerprint density at radius 3 is 2.30 bits per heavy atom. The Hall–Kier alpha value is -2.78. The average molecular weight is 563 g/mol. The molecule has 0 unspecified atom stereocenters. The molecule has 0 atom stereocenters. The van der Waals surface area contributed by atoms with Crippen molar-refractivity contribution in [3.8, 4) is 5.75 Å². The molecule has 3 aromatic carbocycles. The van der Waals surface area contributed by atoms with E-state index in [1.807, 2.05) is 0 Å². The molecule has 196 valence electrons. The fraction of sp³-hybridized carbons (Fsp3) is 0.296. The predicted molar refractivity (Wildman–Crippen MR) is 147 cm³/mol. The third kappa shape index (κ3) is 7.17. The second-order valence-corrected chi connectivity index (χ2v) is 11.3. The molecule has 7 nitrogen and oxygen atoms in total. The lowest BCUT2D eigenvalue weighted by molar-refractivity contribution is 0.0951. The second kappa shape index (κ2) is 12.6. The number of halogens is 2. The minimum Gasteiger partial charge on any atom is -0.364 e. The first-order valence-corrected chi connectivity index (χ1v) is 14.4. The molecule has 1 amide bonds. The normalized spacial score (nSPS) is 14.2. The van der Waals surface area contributed by atoms with E-state index in [1.165, 1.54) is 61.7 Å². The summed E-state index contributed by atoms with van der Waals surface area (Å²) in [7, 11) is -4.15. The van der Waals surface area contributed by atoms with E-state index in [0.717, 1.165) is 30.5 Å². The van der Waals surface area contributed by atoms with Gasteiger partial charge >= 0.3 is 0 Å². The highest BCUT2D eigenvalue weighted by Gasteiger charge is 2.28. The Morgan fingerprint density at radius 2 is 1.62 bits per heavy atom. The van der Waals surface area contributed by atoms with Gasteiger partial charge in [0.15, 0.2) is 5.75 Å². The molecule has 1 N–H and O–H groups in total. The van der Waals surface area contributed by atoms with Crippen LogP contribution in [-0.4, -0.2) is 45.4 Å². The summed E-state index contributed by atoms with van der Waals surface area (Å²) in [5, 5.41) is 3.47. The third-order valence-electron chi connectivity index (χ3n) is 6.06. The summed E-state index contributed by atoms with van der Waals surface area (Å²) in [5.41, 5.74) is 0.678. The predicted octanol–water partition coefficient (Wildman–Crippen LogP) is 5.79. The number of nitrogens with zero attached hydrogens (tertiary/aromatic N) is 2. The van der Waals surface area contributed by atoms with Gasteiger partial charge in [0.05, 0.1) is 20.6 Å². The monoisotopic (exact) mass is 561 g/mol. The van der Waals surface area contributed by atoms with Crippen molar-refractivity contribution in [1.29, 1.82) is 0 Å². The average Bonchev–Trinajstić information content (AvgIpc) is 2.92. The van der Waals surface area contributed by atoms with E-state index in [1.54, 1.807) is 30.3 Å². The molecule has 0 saturated carbocycles. The summed E-state index contributed by atoms with van der Waals surface area (Å²) in [5.74, 6) is -0.0445. The van der Waals surface area contributed by atoms with E-state index in [2.05, 4.69) is 10.2 Å². The fourth-order valence-corrected chi connectivity index (χ4v) is 5.63. The molecule has 1 fully saturated rings. The Morgan fingerprint density at radius 1 is 0.919 bits per heavy atom. The van der Waals surface area contributed by atoms with Gasteiger partial charge in [0.2, 0.25) is 0 Å². The third-order valence-corrected chi connectivity index (χ3v) is 8.39. The highest BCUT2D eigenvalue weighted by atomic mass is 35.5. The van der Waals surface area contributed by atoms with Gasteiger partial charge in [-0.1, -0.05) is 52.3 Å². The number of carbonyl (C=O) groups excluding carboxylic acids is 1. The Kier molecular flexibility index (Phi) is 9.32. The van der Waals surface area contributed by atoms with Crippen LogP contribution in [0.3, 0.4) is 0 Å². The summed E-state index contributed by atoms with van der Waals surface area (Å²) in [4.78, 5) is 20.7. The maximum absolute atomic E-state index is 13.6. The van der Waals surface area contributed by atoms with Crippen molar-refractivity contribution >= 4 is 44.8 Å². The fourth-order valence-electron chi connectivity index (χ4n) is 4.08. The number of amides is 1. The number of carbonyl (C=O) groups is 1. The maximum Gasteiger partial charge on any atom is 0.295 e. The van der Waals surface area contributed by atoms with Crippen LogP contribution in [0.15, 0.2) is 77.7 Å². The van der Waals surface area contributed by atoms with Crippen molar-refractivity contribution in [2.75, 3.05) is 30.6 Å². The van der Waals surface area contributed by atoms with E-state index >= 15 is 0 Å². The SMILES string of the molecule is O=C(NCCCN1CCCCC1)c1ccc(S(=O)(=O)N(Oc2ccc(Cl)c(Cl)c2)c2ccccc2)cc1. The molecule has 3 aromatic rings. The quantitative estimate of drug-likeness (QED) is 0.250. The number of para-hydroxylation sites is 1. The molecule has 10 heteroatoms. The summed E-state index contributed by atoms with van der Waals surface area (Å²) in [6.45, 7) is 3.78. The molecule has 1 aliphatic rings. The van der Waals surface area contributed by atoms with Gasteiger partial charge in [0, 0.05) is 18.2 Å². The van der Waals surface area contributed by atoms with Gasteiger partial charge in [-0.2, -0.15) is 8.42 Å². The molecule has 0 aromatic heterocycles. The Balaban J connectivity index is 1.45. The topological polar surface area (TPSA) is 79.0 Å². The van der Waals surface area contributed by atoms with Gasteiger partial charge in [0.25, 0.3) is 15.9 Å². The summed E-state index contributed by atoms with van der Waals surface area (Å²) in [6, 6.07) is 18.7. The number of rotatable bonds is 10. The van der Waals surface area contributed by atoms with Crippen LogP contribution in [0, 0.1) is 0 Å². The van der Waals surface area contributed by atoms with E-state index in [-0.39, 0.29) is 21.6 Å². The molecule has 1 saturated heterocycles. The molecular formula is C27H29Cl2N3O4S. The summed E-state index contributed by atoms with van der Waals surface area (Å²) < 4.78 is 28.0. The van der Waals surface area contributed by atoms with Crippen molar-refractivity contribution < 1.29 is 18.0 Å². The van der Waals surface area contributed by atoms with Crippen molar-refractivity contribution in [1.82, 2.24) is 10.2 Å². The summed E-state index contributed by atoms with van der Waals surface area (Å²) >= 11 is 12.1. The van der Waals surface area contributed by atoms with Gasteiger partial charge in [0.1, 0.15) is 0 Å². The van der Waals surface area contributed by atoms with E-state index in [0.29, 0.717) is 22.8 Å². The molecule has 0 bridgehead atoms. The van der Waals surface area contributed by atoms with Crippen LogP contribution in [0.1, 0.15) is 36.0 Å². The molecule has 37 heavy (non-hydrogen) atoms. The Labute approximate surface area is 227 Å². The lowest BCUT2D eigenvalue weighted by Gasteiger charge is -2.26. The first-order chi connectivity index (χ1) is 17.8. The van der Waals surface area contributed by atoms with E-state index < -0.39 is 10.0 Å². The van der Waals surface area contributed by atoms with Crippen molar-refractivity contribution in [2.24, 2.45) is 0 Å². The zero-order valence-corrected chi connectivity index (χ0v) is 22.6. The van der Waals surface area contributed by atoms with Gasteiger partial charge in [-0.3, -0.25) is 4.79 Å². The van der Waals surface area contributed by atoms with Crippen molar-refractivity contribution in [2.45, 2.75) is 30.6 Å². The van der Waals surface area contributed by atoms with Gasteiger partial charge in [-0.25, -0.2) is 0 Å². The highest BCUT2D eigenvalue weighted by Crippen LogP contribution is 2.30. The van der Waals surface area contributed by atoms with Crippen LogP contribution in [0.4, 0.5) is 5.69 Å². The minimum absolute atomic E-state index is 0.0296. The lowest BCUT2D eigenvalue weighted by Crippen LogP contribution is -2.34. The van der Waals surface area contributed by atoms with Crippen molar-refractivity contribution in [3.05, 3.63) is 88.4 Å². The number of benzene rings is 3. The summed E-state index contributed by atoms with van der Waals surface area (Å²) in [6.07, 6.45) is 4.64. The minimum atomic E-state index is -4.15. The van der Waals surface area contributed by atoms with Crippen molar-refractivity contribution in [3.63, 3.8) is 0 Å². The van der Waals surface area contributed by atoms with Gasteiger partial charge < -0.3 is 15.1 Å². The lowest BCUT2D eigenvalue weighted by atomic mass is 10.1. The highest BCUT2D eigenvalue weighted by molar-refractivity contribution is 7.92. The molecule has 1 aliphatic heterocycles. The van der Waals surface area contributed by atoms with Gasteiger partial charge in [-0.05, 0) is 87.4 Å². The zero-order valence-electron chi connectivity index (χ0n) is 20.3. The van der Waals surface area contributed by atoms with Crippen LogP contribution in [-0.2, 0) is 10.0 Å². The smallest absolute Gasteiger partial charge is 0.295 e. The largest absolute Gasteiger partial charge is 0.364 e. The number of likely N-dealkylation sites (tertiary alicyclic amines) is 1. The van der Waals surface area contributed by atoms with Crippen LogP contribution >= 0.6 is 23.2 Å². The maximum atomic E-state index is 13.6. The number of hydrogen-bond donors (Lipinski definition) is 1. The number of sulfonamides is 1. The molecule has 4 rings (SSSR count). The number of anilines is 1. The Bertz CT molecular complexity index is 1300. The molecule has 0 spiro atoms. The number of hydrogen-bond acceptors (Lipinski definition) is 5. The first kappa shape index (κ1) is 27.3. The molecule has 0 aliphatic carbocycles. The molecular weight excluding hydrogens is 533 g/mol. The standard InChI is InChI=1S/C27H29Cl2N3O4S/c28-25-15-12-23(20-26(25)29)36-32(22-8-3-1-4-9-22)37(34,35)24-13-10-21(11-14-24)27(33)30-16-7-19-31-17-5-2-6-18-31/h1,3-4,8-15,20H,2,5-7,16-19H2,(H,30,33). The van der Waals surface area contributed by atoms with Crippen LogP contribution < -0.4 is 14.6 Å². The number of piperidine rings is 1. The molecule has 0 radical (unpaired) electrons. The van der Waals surface area contributed by atoms with Crippen LogP contribution in [0.2, 0.25) is 10.0 Å². The van der Waals surface area contributed by atoms with Crippen LogP contribution in [0.25, 0.3) is 0 Å². The first-order valence-electron chi connectivity index (χ1n) is 12.2. The van der Waals surface area contributed by atoms with Gasteiger partial charge in [-0.15, -0.1) is 0 Å². The second-order valence-electron chi connectivity index (χ2n) is 8.77. The zero-order chi connectivity index (χ0) is 26.3. The molecule has 1 heterocycles. The van der Waals surface area contributed by atoms with E-state index in [9.17, 15) is 13.2 Å². The number of nitrogens with one attached hydrogen (secondary N) is 1. The van der Waals surface area contributed by atoms with E-state index in [4.69, 9.17) is 28.0 Å².